The average molecular weight is 307 g/mol. The summed E-state index contributed by atoms with van der Waals surface area (Å²) in [6.07, 6.45) is 4.89. The number of aliphatic hydroxyl groups excluding tert-OH is 1. The summed E-state index contributed by atoms with van der Waals surface area (Å²) in [7, 11) is 0. The van der Waals surface area contributed by atoms with Gasteiger partial charge in [-0.1, -0.05) is 37.6 Å². The van der Waals surface area contributed by atoms with Crippen LogP contribution in [0.15, 0.2) is 36.5 Å². The van der Waals surface area contributed by atoms with Crippen LogP contribution in [0, 0.1) is 0 Å². The molecule has 21 heavy (non-hydrogen) atoms. The lowest BCUT2D eigenvalue weighted by Gasteiger charge is -2.13. The summed E-state index contributed by atoms with van der Waals surface area (Å²) < 4.78 is 2.02. The van der Waals surface area contributed by atoms with Gasteiger partial charge < -0.3 is 5.11 Å². The highest BCUT2D eigenvalue weighted by atomic mass is 35.5. The summed E-state index contributed by atoms with van der Waals surface area (Å²) in [4.78, 5) is 0. The highest BCUT2D eigenvalue weighted by Crippen LogP contribution is 2.16. The summed E-state index contributed by atoms with van der Waals surface area (Å²) >= 11 is 5.96. The molecule has 3 nitrogen and oxygen atoms in total. The van der Waals surface area contributed by atoms with Crippen molar-refractivity contribution in [3.05, 3.63) is 52.8 Å². The van der Waals surface area contributed by atoms with Crippen LogP contribution in [0.4, 0.5) is 0 Å². The van der Waals surface area contributed by atoms with Gasteiger partial charge in [-0.2, -0.15) is 5.10 Å². The first kappa shape index (κ1) is 16.1. The van der Waals surface area contributed by atoms with E-state index in [9.17, 15) is 5.11 Å². The SMILES string of the molecule is CCC(CC)n1ccc(CC(O)Cc2cccc(Cl)c2)n1. The first-order valence-electron chi connectivity index (χ1n) is 7.58. The van der Waals surface area contributed by atoms with Crippen LogP contribution in [-0.4, -0.2) is 21.0 Å². The second-order valence-electron chi connectivity index (χ2n) is 5.45. The van der Waals surface area contributed by atoms with E-state index in [-0.39, 0.29) is 0 Å². The van der Waals surface area contributed by atoms with Crippen molar-refractivity contribution in [2.24, 2.45) is 0 Å². The molecule has 1 aromatic carbocycles. The van der Waals surface area contributed by atoms with Crippen molar-refractivity contribution in [2.75, 3.05) is 0 Å². The second kappa shape index (κ2) is 7.62. The predicted octanol–water partition coefficient (Wildman–Crippen LogP) is 4.04. The van der Waals surface area contributed by atoms with E-state index in [0.717, 1.165) is 24.1 Å². The minimum absolute atomic E-state index is 0.437. The number of rotatable bonds is 7. The first-order chi connectivity index (χ1) is 10.1. The van der Waals surface area contributed by atoms with Crippen LogP contribution in [0.1, 0.15) is 44.0 Å². The zero-order chi connectivity index (χ0) is 15.2. The molecule has 0 spiro atoms. The van der Waals surface area contributed by atoms with Gasteiger partial charge in [-0.15, -0.1) is 0 Å². The van der Waals surface area contributed by atoms with Gasteiger partial charge in [-0.05, 0) is 43.0 Å². The van der Waals surface area contributed by atoms with Crippen molar-refractivity contribution < 1.29 is 5.11 Å². The summed E-state index contributed by atoms with van der Waals surface area (Å²) in [6.45, 7) is 4.34. The Hall–Kier alpha value is -1.32. The average Bonchev–Trinajstić information content (AvgIpc) is 2.88. The molecule has 2 rings (SSSR count). The molecule has 4 heteroatoms. The maximum Gasteiger partial charge on any atom is 0.0650 e. The lowest BCUT2D eigenvalue weighted by molar-refractivity contribution is 0.174. The largest absolute Gasteiger partial charge is 0.392 e. The van der Waals surface area contributed by atoms with Gasteiger partial charge >= 0.3 is 0 Å². The molecular formula is C17H23ClN2O. The molecule has 1 unspecified atom stereocenters. The third-order valence-electron chi connectivity index (χ3n) is 3.79. The molecule has 0 saturated carbocycles. The van der Waals surface area contributed by atoms with Crippen molar-refractivity contribution in [3.8, 4) is 0 Å². The van der Waals surface area contributed by atoms with Crippen molar-refractivity contribution in [1.82, 2.24) is 9.78 Å². The fourth-order valence-corrected chi connectivity index (χ4v) is 2.81. The standard InChI is InChI=1S/C17H23ClN2O/c1-3-16(4-2)20-9-8-15(19-20)12-17(21)11-13-6-5-7-14(18)10-13/h5-10,16-17,21H,3-4,11-12H2,1-2H3. The number of hydrogen-bond donors (Lipinski definition) is 1. The quantitative estimate of drug-likeness (QED) is 0.838. The van der Waals surface area contributed by atoms with Gasteiger partial charge in [0.2, 0.25) is 0 Å². The van der Waals surface area contributed by atoms with Crippen LogP contribution in [0.3, 0.4) is 0 Å². The highest BCUT2D eigenvalue weighted by molar-refractivity contribution is 6.30. The maximum absolute atomic E-state index is 10.2. The Morgan fingerprint density at radius 3 is 2.62 bits per heavy atom. The maximum atomic E-state index is 10.2. The zero-order valence-corrected chi connectivity index (χ0v) is 13.4. The summed E-state index contributed by atoms with van der Waals surface area (Å²) in [5.74, 6) is 0. The minimum atomic E-state index is -0.437. The van der Waals surface area contributed by atoms with Crippen LogP contribution < -0.4 is 0 Å². The molecule has 1 N–H and O–H groups in total. The number of nitrogens with zero attached hydrogens (tertiary/aromatic N) is 2. The van der Waals surface area contributed by atoms with Gasteiger partial charge in [0, 0.05) is 17.6 Å². The van der Waals surface area contributed by atoms with E-state index in [1.807, 2.05) is 41.2 Å². The Bertz CT molecular complexity index is 563. The fraction of sp³-hybridized carbons (Fsp3) is 0.471. The van der Waals surface area contributed by atoms with E-state index in [1.54, 1.807) is 0 Å². The highest BCUT2D eigenvalue weighted by Gasteiger charge is 2.12. The van der Waals surface area contributed by atoms with E-state index in [4.69, 9.17) is 11.6 Å². The molecule has 0 saturated heterocycles. The molecule has 1 aromatic heterocycles. The van der Waals surface area contributed by atoms with E-state index in [0.29, 0.717) is 23.9 Å². The van der Waals surface area contributed by atoms with Gasteiger partial charge in [-0.25, -0.2) is 0 Å². The number of aromatic nitrogens is 2. The Balaban J connectivity index is 1.95. The number of benzene rings is 1. The molecule has 1 atom stereocenters. The van der Waals surface area contributed by atoms with Crippen LogP contribution in [-0.2, 0) is 12.8 Å². The van der Waals surface area contributed by atoms with Crippen LogP contribution >= 0.6 is 11.6 Å². The van der Waals surface area contributed by atoms with E-state index in [1.165, 1.54) is 0 Å². The lowest BCUT2D eigenvalue weighted by Crippen LogP contribution is -2.15. The second-order valence-corrected chi connectivity index (χ2v) is 5.89. The number of hydrogen-bond acceptors (Lipinski definition) is 2. The smallest absolute Gasteiger partial charge is 0.0650 e. The molecule has 0 amide bonds. The monoisotopic (exact) mass is 306 g/mol. The number of aliphatic hydroxyl groups is 1. The minimum Gasteiger partial charge on any atom is -0.392 e. The summed E-state index contributed by atoms with van der Waals surface area (Å²) in [5.41, 5.74) is 1.99. The fourth-order valence-electron chi connectivity index (χ4n) is 2.60. The Morgan fingerprint density at radius 2 is 1.95 bits per heavy atom. The molecule has 0 fully saturated rings. The van der Waals surface area contributed by atoms with Gasteiger partial charge in [-0.3, -0.25) is 4.68 Å². The molecule has 1 heterocycles. The van der Waals surface area contributed by atoms with Crippen molar-refractivity contribution in [1.29, 1.82) is 0 Å². The van der Waals surface area contributed by atoms with Gasteiger partial charge in [0.15, 0.2) is 0 Å². The Labute approximate surface area is 131 Å². The van der Waals surface area contributed by atoms with E-state index in [2.05, 4.69) is 18.9 Å². The van der Waals surface area contributed by atoms with Crippen LogP contribution in [0.5, 0.6) is 0 Å². The van der Waals surface area contributed by atoms with Crippen molar-refractivity contribution in [2.45, 2.75) is 51.7 Å². The number of halogens is 1. The van der Waals surface area contributed by atoms with Crippen LogP contribution in [0.2, 0.25) is 5.02 Å². The molecule has 0 aliphatic heterocycles. The molecule has 0 aliphatic carbocycles. The Morgan fingerprint density at radius 1 is 1.19 bits per heavy atom. The third kappa shape index (κ3) is 4.58. The molecule has 2 aromatic rings. The van der Waals surface area contributed by atoms with Crippen LogP contribution in [0.25, 0.3) is 0 Å². The summed E-state index contributed by atoms with van der Waals surface area (Å²) in [5, 5.41) is 15.5. The third-order valence-corrected chi connectivity index (χ3v) is 4.02. The molecule has 0 bridgehead atoms. The normalized spacial score (nSPS) is 12.8. The first-order valence-corrected chi connectivity index (χ1v) is 7.96. The van der Waals surface area contributed by atoms with E-state index < -0.39 is 6.10 Å². The summed E-state index contributed by atoms with van der Waals surface area (Å²) in [6, 6.07) is 10.1. The molecular weight excluding hydrogens is 284 g/mol. The van der Waals surface area contributed by atoms with Gasteiger partial charge in [0.05, 0.1) is 17.8 Å². The topological polar surface area (TPSA) is 38.0 Å². The molecule has 0 radical (unpaired) electrons. The predicted molar refractivity (Wildman–Crippen MR) is 86.7 cm³/mol. The lowest BCUT2D eigenvalue weighted by atomic mass is 10.0. The zero-order valence-electron chi connectivity index (χ0n) is 12.7. The Kier molecular flexibility index (Phi) is 5.83. The van der Waals surface area contributed by atoms with Crippen molar-refractivity contribution in [3.63, 3.8) is 0 Å². The van der Waals surface area contributed by atoms with Gasteiger partial charge in [0.25, 0.3) is 0 Å². The van der Waals surface area contributed by atoms with E-state index >= 15 is 0 Å². The van der Waals surface area contributed by atoms with Crippen molar-refractivity contribution >= 4 is 11.6 Å². The molecule has 114 valence electrons. The van der Waals surface area contributed by atoms with Gasteiger partial charge in [0.1, 0.15) is 0 Å². The molecule has 0 aliphatic rings.